The first-order chi connectivity index (χ1) is 11.4. The molecule has 0 heterocycles. The van der Waals surface area contributed by atoms with Crippen molar-refractivity contribution in [2.24, 2.45) is 0 Å². The third-order valence-electron chi connectivity index (χ3n) is 2.63. The monoisotopic (exact) mass is 362 g/mol. The minimum Gasteiger partial charge on any atom is -0.459 e. The molecule has 6 nitrogen and oxygen atoms in total. The summed E-state index contributed by atoms with van der Waals surface area (Å²) in [5.74, 6) is -2.55. The summed E-state index contributed by atoms with van der Waals surface area (Å²) in [5.41, 5.74) is 2.98. The molecule has 2 N–H and O–H groups in total. The molecule has 25 heavy (non-hydrogen) atoms. The summed E-state index contributed by atoms with van der Waals surface area (Å²) < 4.78 is 41.9. The normalized spacial score (nSPS) is 12.0. The van der Waals surface area contributed by atoms with E-state index in [1.807, 2.05) is 0 Å². The average molecular weight is 362 g/mol. The first-order valence-electron chi connectivity index (χ1n) is 7.42. The predicted molar refractivity (Wildman–Crippen MR) is 84.5 cm³/mol. The Labute approximate surface area is 143 Å². The van der Waals surface area contributed by atoms with Gasteiger partial charge in [0.05, 0.1) is 6.61 Å². The number of carbonyl (C=O) groups is 2. The summed E-state index contributed by atoms with van der Waals surface area (Å²) in [6.45, 7) is 6.67. The quantitative estimate of drug-likeness (QED) is 0.462. The van der Waals surface area contributed by atoms with Crippen LogP contribution < -0.4 is 10.8 Å². The van der Waals surface area contributed by atoms with Gasteiger partial charge in [-0.05, 0) is 51.0 Å². The fraction of sp³-hybridized carbons (Fsp3) is 0.500. The summed E-state index contributed by atoms with van der Waals surface area (Å²) in [6, 6.07) is 4.44. The second kappa shape index (κ2) is 8.30. The minimum absolute atomic E-state index is 0.00747. The topological polar surface area (TPSA) is 76.7 Å². The number of anilines is 1. The van der Waals surface area contributed by atoms with E-state index >= 15 is 0 Å². The van der Waals surface area contributed by atoms with Crippen LogP contribution in [0.4, 0.5) is 18.9 Å². The highest BCUT2D eigenvalue weighted by molar-refractivity contribution is 5.95. The number of esters is 1. The van der Waals surface area contributed by atoms with E-state index in [1.54, 1.807) is 39.1 Å². The van der Waals surface area contributed by atoms with Crippen molar-refractivity contribution < 1.29 is 32.3 Å². The van der Waals surface area contributed by atoms with Gasteiger partial charge in [-0.15, -0.1) is 0 Å². The maximum atomic E-state index is 12.3. The highest BCUT2D eigenvalue weighted by atomic mass is 19.4. The molecular weight excluding hydrogens is 341 g/mol. The molecule has 0 saturated carbocycles. The first kappa shape index (κ1) is 20.9. The predicted octanol–water partition coefficient (Wildman–Crippen LogP) is 2.86. The number of hydrogen-bond donors (Lipinski definition) is 2. The SMILES string of the molecule is Cc1cc(CONCC(=O)OC(C)(C)C)cc(NC(=O)C(F)(F)F)c1. The van der Waals surface area contributed by atoms with Crippen molar-refractivity contribution in [1.29, 1.82) is 0 Å². The minimum atomic E-state index is -4.96. The number of carbonyl (C=O) groups excluding carboxylic acids is 2. The van der Waals surface area contributed by atoms with Crippen LogP contribution in [-0.2, 0) is 25.8 Å². The van der Waals surface area contributed by atoms with Gasteiger partial charge in [0.25, 0.3) is 0 Å². The van der Waals surface area contributed by atoms with Crippen LogP contribution in [0.1, 0.15) is 31.9 Å². The molecule has 0 aromatic heterocycles. The highest BCUT2D eigenvalue weighted by Gasteiger charge is 2.38. The maximum absolute atomic E-state index is 12.3. The Kier molecular flexibility index (Phi) is 6.95. The molecule has 140 valence electrons. The maximum Gasteiger partial charge on any atom is 0.471 e. The first-order valence-corrected chi connectivity index (χ1v) is 7.42. The number of benzene rings is 1. The van der Waals surface area contributed by atoms with Crippen LogP contribution in [0.5, 0.6) is 0 Å². The Morgan fingerprint density at radius 1 is 1.12 bits per heavy atom. The van der Waals surface area contributed by atoms with E-state index in [0.29, 0.717) is 11.1 Å². The van der Waals surface area contributed by atoms with E-state index in [2.05, 4.69) is 5.48 Å². The van der Waals surface area contributed by atoms with Crippen molar-refractivity contribution in [2.75, 3.05) is 11.9 Å². The molecule has 9 heteroatoms. The van der Waals surface area contributed by atoms with E-state index in [9.17, 15) is 22.8 Å². The lowest BCUT2D eigenvalue weighted by Crippen LogP contribution is -2.31. The summed E-state index contributed by atoms with van der Waals surface area (Å²) in [4.78, 5) is 27.6. The molecule has 1 rings (SSSR count). The Morgan fingerprint density at radius 3 is 2.32 bits per heavy atom. The van der Waals surface area contributed by atoms with Gasteiger partial charge in [-0.2, -0.15) is 18.7 Å². The summed E-state index contributed by atoms with van der Waals surface area (Å²) in [6.07, 6.45) is -4.96. The Morgan fingerprint density at radius 2 is 1.76 bits per heavy atom. The van der Waals surface area contributed by atoms with Gasteiger partial charge in [-0.25, -0.2) is 0 Å². The van der Waals surface area contributed by atoms with Crippen molar-refractivity contribution in [3.05, 3.63) is 29.3 Å². The number of rotatable bonds is 6. The number of hydroxylamine groups is 1. The molecule has 0 spiro atoms. The van der Waals surface area contributed by atoms with Crippen LogP contribution in [0, 0.1) is 6.92 Å². The smallest absolute Gasteiger partial charge is 0.459 e. The van der Waals surface area contributed by atoms with Crippen molar-refractivity contribution in [3.8, 4) is 0 Å². The fourth-order valence-corrected chi connectivity index (χ4v) is 1.84. The molecule has 1 aromatic rings. The van der Waals surface area contributed by atoms with Gasteiger partial charge in [0.2, 0.25) is 0 Å². The van der Waals surface area contributed by atoms with Gasteiger partial charge >= 0.3 is 18.1 Å². The second-order valence-electron chi connectivity index (χ2n) is 6.36. The lowest BCUT2D eigenvalue weighted by Gasteiger charge is -2.19. The molecule has 1 amide bonds. The number of aryl methyl sites for hydroxylation is 1. The van der Waals surface area contributed by atoms with Crippen LogP contribution in [0.15, 0.2) is 18.2 Å². The van der Waals surface area contributed by atoms with Crippen LogP contribution in [0.3, 0.4) is 0 Å². The lowest BCUT2D eigenvalue weighted by molar-refractivity contribution is -0.167. The van der Waals surface area contributed by atoms with Gasteiger partial charge in [0, 0.05) is 5.69 Å². The molecule has 0 aliphatic rings. The summed E-state index contributed by atoms with van der Waals surface area (Å²) >= 11 is 0. The molecule has 0 radical (unpaired) electrons. The van der Waals surface area contributed by atoms with Crippen molar-refractivity contribution in [1.82, 2.24) is 5.48 Å². The highest BCUT2D eigenvalue weighted by Crippen LogP contribution is 2.20. The number of nitrogens with one attached hydrogen (secondary N) is 2. The largest absolute Gasteiger partial charge is 0.471 e. The second-order valence-corrected chi connectivity index (χ2v) is 6.36. The zero-order valence-electron chi connectivity index (χ0n) is 14.4. The third kappa shape index (κ3) is 8.50. The molecular formula is C16H21F3N2O4. The molecule has 0 saturated heterocycles. The standard InChI is InChI=1S/C16H21F3N2O4/c1-10-5-11(7-12(6-10)21-14(23)16(17,18)19)9-24-20-8-13(22)25-15(2,3)4/h5-7,20H,8-9H2,1-4H3,(H,21,23). The van der Waals surface area contributed by atoms with Crippen molar-refractivity contribution in [2.45, 2.75) is 46.1 Å². The fourth-order valence-electron chi connectivity index (χ4n) is 1.84. The molecule has 0 atom stereocenters. The Balaban J connectivity index is 2.54. The molecule has 0 aliphatic heterocycles. The number of hydrogen-bond acceptors (Lipinski definition) is 5. The van der Waals surface area contributed by atoms with Gasteiger partial charge in [-0.3, -0.25) is 14.4 Å². The van der Waals surface area contributed by atoms with Gasteiger partial charge in [-0.1, -0.05) is 6.07 Å². The van der Waals surface area contributed by atoms with Crippen LogP contribution in [0.25, 0.3) is 0 Å². The number of alkyl halides is 3. The molecule has 0 aliphatic carbocycles. The number of ether oxygens (including phenoxy) is 1. The number of amides is 1. The van der Waals surface area contributed by atoms with E-state index in [4.69, 9.17) is 9.57 Å². The molecule has 0 fully saturated rings. The van der Waals surface area contributed by atoms with E-state index in [0.717, 1.165) is 0 Å². The van der Waals surface area contributed by atoms with Crippen LogP contribution >= 0.6 is 0 Å². The number of halogens is 3. The molecule has 0 unspecified atom stereocenters. The molecule has 1 aromatic carbocycles. The third-order valence-corrected chi connectivity index (χ3v) is 2.63. The van der Waals surface area contributed by atoms with Gasteiger partial charge in [0.15, 0.2) is 0 Å². The van der Waals surface area contributed by atoms with Crippen molar-refractivity contribution in [3.63, 3.8) is 0 Å². The molecule has 0 bridgehead atoms. The Hall–Kier alpha value is -2.13. The summed E-state index contributed by atoms with van der Waals surface area (Å²) in [5, 5.41) is 1.78. The average Bonchev–Trinajstić information content (AvgIpc) is 2.40. The zero-order chi connectivity index (χ0) is 19.3. The Bertz CT molecular complexity index is 625. The summed E-state index contributed by atoms with van der Waals surface area (Å²) in [7, 11) is 0. The van der Waals surface area contributed by atoms with Crippen LogP contribution in [0.2, 0.25) is 0 Å². The zero-order valence-corrected chi connectivity index (χ0v) is 14.4. The lowest BCUT2D eigenvalue weighted by atomic mass is 10.1. The van der Waals surface area contributed by atoms with Gasteiger partial charge < -0.3 is 10.1 Å². The van der Waals surface area contributed by atoms with E-state index in [1.165, 1.54) is 12.1 Å². The van der Waals surface area contributed by atoms with Crippen LogP contribution in [-0.4, -0.2) is 30.2 Å². The van der Waals surface area contributed by atoms with Crippen molar-refractivity contribution >= 4 is 17.6 Å². The van der Waals surface area contributed by atoms with E-state index in [-0.39, 0.29) is 18.8 Å². The van der Waals surface area contributed by atoms with Gasteiger partial charge in [0.1, 0.15) is 12.1 Å². The van der Waals surface area contributed by atoms with E-state index < -0.39 is 23.7 Å².